The molecular formula is C15H31NO4Si. The van der Waals surface area contributed by atoms with Gasteiger partial charge in [0.05, 0.1) is 6.61 Å². The Balaban J connectivity index is 3.27. The molecule has 0 aromatic carbocycles. The number of hydrogen-bond donors (Lipinski definition) is 2. The van der Waals surface area contributed by atoms with Crippen LogP contribution in [0.4, 0.5) is 4.79 Å². The number of nitrogens with one attached hydrogen (secondary N) is 1. The normalized spacial score (nSPS) is 11.2. The van der Waals surface area contributed by atoms with Gasteiger partial charge in [-0.15, -0.1) is 0 Å². The smallest absolute Gasteiger partial charge is 0.407 e. The quantitative estimate of drug-likeness (QED) is 0.423. The number of unbranched alkanes of at least 4 members (excludes halogenated alkanes) is 5. The highest BCUT2D eigenvalue weighted by molar-refractivity contribution is 6.76. The molecule has 0 aliphatic carbocycles. The zero-order valence-corrected chi connectivity index (χ0v) is 14.7. The largest absolute Gasteiger partial charge is 0.481 e. The minimum absolute atomic E-state index is 0.269. The summed E-state index contributed by atoms with van der Waals surface area (Å²) in [5.74, 6) is -0.716. The number of carbonyl (C=O) groups is 2. The Labute approximate surface area is 129 Å². The average Bonchev–Trinajstić information content (AvgIpc) is 2.34. The van der Waals surface area contributed by atoms with Crippen molar-refractivity contribution in [2.75, 3.05) is 13.2 Å². The van der Waals surface area contributed by atoms with E-state index in [0.29, 0.717) is 13.2 Å². The van der Waals surface area contributed by atoms with E-state index in [2.05, 4.69) is 25.0 Å². The summed E-state index contributed by atoms with van der Waals surface area (Å²) in [6.45, 7) is 7.94. The molecule has 5 nitrogen and oxygen atoms in total. The summed E-state index contributed by atoms with van der Waals surface area (Å²) in [4.78, 5) is 21.7. The van der Waals surface area contributed by atoms with Gasteiger partial charge in [-0.1, -0.05) is 45.3 Å². The van der Waals surface area contributed by atoms with E-state index in [9.17, 15) is 9.59 Å². The fraction of sp³-hybridized carbons (Fsp3) is 0.867. The van der Waals surface area contributed by atoms with Gasteiger partial charge in [0.1, 0.15) is 0 Å². The summed E-state index contributed by atoms with van der Waals surface area (Å²) < 4.78 is 5.13. The van der Waals surface area contributed by atoms with Gasteiger partial charge in [-0.05, 0) is 18.9 Å². The number of hydrogen-bond acceptors (Lipinski definition) is 3. The van der Waals surface area contributed by atoms with Crippen LogP contribution >= 0.6 is 0 Å². The number of carboxylic acids is 1. The van der Waals surface area contributed by atoms with Crippen LogP contribution in [0.5, 0.6) is 0 Å². The minimum Gasteiger partial charge on any atom is -0.481 e. The van der Waals surface area contributed by atoms with Crippen molar-refractivity contribution in [3.05, 3.63) is 0 Å². The molecule has 2 N–H and O–H groups in total. The fourth-order valence-corrected chi connectivity index (χ4v) is 2.51. The third-order valence-corrected chi connectivity index (χ3v) is 4.88. The lowest BCUT2D eigenvalue weighted by Crippen LogP contribution is -2.28. The van der Waals surface area contributed by atoms with Crippen LogP contribution in [0, 0.1) is 0 Å². The summed E-state index contributed by atoms with van der Waals surface area (Å²) in [5.41, 5.74) is 0. The number of carboxylic acid groups (broad SMARTS) is 1. The Morgan fingerprint density at radius 2 is 1.57 bits per heavy atom. The standard InChI is InChI=1S/C15H31NO4Si/c1-21(2,3)13-12-20-15(19)16-11-9-7-5-4-6-8-10-14(17)18/h4-13H2,1-3H3,(H,16,19)(H,17,18). The second-order valence-corrected chi connectivity index (χ2v) is 12.3. The molecule has 0 fully saturated rings. The summed E-state index contributed by atoms with van der Waals surface area (Å²) in [6, 6.07) is 0.997. The molecule has 0 rings (SSSR count). The van der Waals surface area contributed by atoms with Crippen LogP contribution in [-0.2, 0) is 9.53 Å². The molecule has 21 heavy (non-hydrogen) atoms. The lowest BCUT2D eigenvalue weighted by Gasteiger charge is -2.15. The summed E-state index contributed by atoms with van der Waals surface area (Å²) in [5, 5.41) is 11.3. The lowest BCUT2D eigenvalue weighted by atomic mass is 10.1. The van der Waals surface area contributed by atoms with Crippen molar-refractivity contribution in [2.45, 2.75) is 70.6 Å². The van der Waals surface area contributed by atoms with E-state index in [-0.39, 0.29) is 12.5 Å². The van der Waals surface area contributed by atoms with Crippen molar-refractivity contribution >= 4 is 20.1 Å². The predicted octanol–water partition coefficient (Wildman–Crippen LogP) is 3.87. The second-order valence-electron chi connectivity index (χ2n) is 6.64. The molecule has 0 aliphatic rings. The first-order valence-corrected chi connectivity index (χ1v) is 11.6. The molecule has 0 aliphatic heterocycles. The first-order chi connectivity index (χ1) is 9.81. The van der Waals surface area contributed by atoms with Crippen molar-refractivity contribution in [1.82, 2.24) is 5.32 Å². The Morgan fingerprint density at radius 3 is 2.14 bits per heavy atom. The Hall–Kier alpha value is -1.04. The van der Waals surface area contributed by atoms with Crippen LogP contribution in [-0.4, -0.2) is 38.4 Å². The molecular weight excluding hydrogens is 286 g/mol. The molecule has 1 amide bonds. The topological polar surface area (TPSA) is 75.6 Å². The number of rotatable bonds is 12. The van der Waals surface area contributed by atoms with Crippen molar-refractivity contribution < 1.29 is 19.4 Å². The molecule has 0 saturated carbocycles. The van der Waals surface area contributed by atoms with Crippen molar-refractivity contribution in [1.29, 1.82) is 0 Å². The number of aliphatic carboxylic acids is 1. The van der Waals surface area contributed by atoms with Crippen molar-refractivity contribution in [3.63, 3.8) is 0 Å². The van der Waals surface area contributed by atoms with Crippen LogP contribution in [0.1, 0.15) is 44.9 Å². The number of carbonyl (C=O) groups excluding carboxylic acids is 1. The number of amides is 1. The van der Waals surface area contributed by atoms with E-state index in [4.69, 9.17) is 9.84 Å². The predicted molar refractivity (Wildman–Crippen MR) is 87.5 cm³/mol. The van der Waals surface area contributed by atoms with Gasteiger partial charge in [0.2, 0.25) is 0 Å². The molecule has 6 heteroatoms. The van der Waals surface area contributed by atoms with E-state index in [0.717, 1.165) is 44.6 Å². The third kappa shape index (κ3) is 16.9. The molecule has 0 unspecified atom stereocenters. The molecule has 0 spiro atoms. The first-order valence-electron chi connectivity index (χ1n) is 7.94. The highest BCUT2D eigenvalue weighted by Crippen LogP contribution is 2.08. The van der Waals surface area contributed by atoms with Crippen LogP contribution in [0.2, 0.25) is 25.7 Å². The maximum atomic E-state index is 11.4. The van der Waals surface area contributed by atoms with Gasteiger partial charge in [0.25, 0.3) is 0 Å². The average molecular weight is 318 g/mol. The van der Waals surface area contributed by atoms with Gasteiger partial charge in [0, 0.05) is 21.0 Å². The molecule has 0 bridgehead atoms. The summed E-state index contributed by atoms with van der Waals surface area (Å²) >= 11 is 0. The fourth-order valence-electron chi connectivity index (χ4n) is 1.80. The zero-order chi connectivity index (χ0) is 16.1. The highest BCUT2D eigenvalue weighted by atomic mass is 28.3. The minimum atomic E-state index is -1.13. The van der Waals surface area contributed by atoms with Gasteiger partial charge < -0.3 is 15.2 Å². The van der Waals surface area contributed by atoms with Gasteiger partial charge in [0.15, 0.2) is 0 Å². The molecule has 0 aromatic rings. The van der Waals surface area contributed by atoms with Crippen molar-refractivity contribution in [2.24, 2.45) is 0 Å². The number of ether oxygens (including phenoxy) is 1. The van der Waals surface area contributed by atoms with E-state index in [1.54, 1.807) is 0 Å². The maximum absolute atomic E-state index is 11.4. The zero-order valence-electron chi connectivity index (χ0n) is 13.7. The second kappa shape index (κ2) is 11.6. The van der Waals surface area contributed by atoms with E-state index in [1.807, 2.05) is 0 Å². The molecule has 0 aromatic heterocycles. The molecule has 0 saturated heterocycles. The Morgan fingerprint density at radius 1 is 1.00 bits per heavy atom. The molecule has 124 valence electrons. The maximum Gasteiger partial charge on any atom is 0.407 e. The highest BCUT2D eigenvalue weighted by Gasteiger charge is 2.13. The first kappa shape index (κ1) is 20.0. The lowest BCUT2D eigenvalue weighted by molar-refractivity contribution is -0.137. The Bertz CT molecular complexity index is 303. The van der Waals surface area contributed by atoms with Crippen molar-refractivity contribution in [3.8, 4) is 0 Å². The van der Waals surface area contributed by atoms with E-state index >= 15 is 0 Å². The van der Waals surface area contributed by atoms with Gasteiger partial charge in [-0.2, -0.15) is 0 Å². The molecule has 0 radical (unpaired) electrons. The molecule has 0 atom stereocenters. The Kier molecular flexibility index (Phi) is 11.0. The van der Waals surface area contributed by atoms with E-state index in [1.165, 1.54) is 0 Å². The van der Waals surface area contributed by atoms with Gasteiger partial charge in [-0.25, -0.2) is 4.79 Å². The summed E-state index contributed by atoms with van der Waals surface area (Å²) in [7, 11) is -1.13. The van der Waals surface area contributed by atoms with Crippen LogP contribution < -0.4 is 5.32 Å². The van der Waals surface area contributed by atoms with Gasteiger partial charge in [-0.3, -0.25) is 4.79 Å². The van der Waals surface area contributed by atoms with Crippen LogP contribution in [0.3, 0.4) is 0 Å². The van der Waals surface area contributed by atoms with E-state index < -0.39 is 14.0 Å². The SMILES string of the molecule is C[Si](C)(C)CCOC(=O)NCCCCCCCCC(=O)O. The monoisotopic (exact) mass is 317 g/mol. The van der Waals surface area contributed by atoms with Gasteiger partial charge >= 0.3 is 12.1 Å². The number of alkyl carbamates (subject to hydrolysis) is 1. The third-order valence-electron chi connectivity index (χ3n) is 3.17. The molecule has 0 heterocycles. The van der Waals surface area contributed by atoms with Crippen LogP contribution in [0.25, 0.3) is 0 Å². The van der Waals surface area contributed by atoms with Crippen LogP contribution in [0.15, 0.2) is 0 Å². The summed E-state index contributed by atoms with van der Waals surface area (Å²) in [6.07, 6.45) is 5.85.